The van der Waals surface area contributed by atoms with Gasteiger partial charge in [-0.1, -0.05) is 17.7 Å². The molecule has 0 aliphatic rings. The van der Waals surface area contributed by atoms with E-state index in [2.05, 4.69) is 22.1 Å². The lowest BCUT2D eigenvalue weighted by molar-refractivity contribution is -0.138. The summed E-state index contributed by atoms with van der Waals surface area (Å²) in [5.74, 6) is -1.01. The van der Waals surface area contributed by atoms with Gasteiger partial charge in [0.25, 0.3) is 0 Å². The molecule has 4 heteroatoms. The largest absolute Gasteiger partial charge is 0.481 e. The third kappa shape index (κ3) is 2.27. The molecule has 1 aromatic heterocycles. The predicted molar refractivity (Wildman–Crippen MR) is 69.5 cm³/mol. The number of carboxylic acid groups (broad SMARTS) is 1. The zero-order chi connectivity index (χ0) is 13.3. The molecule has 94 valence electrons. The summed E-state index contributed by atoms with van der Waals surface area (Å²) in [6.07, 6.45) is 1.69. The minimum absolute atomic E-state index is 0.485. The minimum Gasteiger partial charge on any atom is -0.481 e. The van der Waals surface area contributed by atoms with Crippen molar-refractivity contribution in [1.82, 2.24) is 9.97 Å². The Morgan fingerprint density at radius 3 is 2.78 bits per heavy atom. The van der Waals surface area contributed by atoms with E-state index >= 15 is 0 Å². The number of nitrogens with zero attached hydrogens (tertiary/aromatic N) is 1. The van der Waals surface area contributed by atoms with Crippen molar-refractivity contribution in [1.29, 1.82) is 0 Å². The minimum atomic E-state index is -0.878. The van der Waals surface area contributed by atoms with Crippen LogP contribution >= 0.6 is 0 Å². The predicted octanol–water partition coefficient (Wildman–Crippen LogP) is 2.88. The summed E-state index contributed by atoms with van der Waals surface area (Å²) in [6, 6.07) is 6.17. The van der Waals surface area contributed by atoms with Crippen LogP contribution in [0.1, 0.15) is 29.8 Å². The maximum atomic E-state index is 10.9. The van der Waals surface area contributed by atoms with E-state index in [-0.39, 0.29) is 0 Å². The third-order valence-corrected chi connectivity index (χ3v) is 3.06. The Balaban J connectivity index is 2.41. The maximum absolute atomic E-state index is 10.9. The van der Waals surface area contributed by atoms with Crippen LogP contribution in [-0.4, -0.2) is 21.0 Å². The molecule has 0 aliphatic carbocycles. The normalized spacial score (nSPS) is 12.4. The summed E-state index contributed by atoms with van der Waals surface area (Å²) in [5, 5.41) is 8.95. The van der Waals surface area contributed by atoms with Crippen molar-refractivity contribution in [2.24, 2.45) is 0 Å². The van der Waals surface area contributed by atoms with Gasteiger partial charge in [0, 0.05) is 5.56 Å². The van der Waals surface area contributed by atoms with Gasteiger partial charge in [0.15, 0.2) is 0 Å². The number of carbonyl (C=O) groups is 1. The van der Waals surface area contributed by atoms with Crippen LogP contribution < -0.4 is 0 Å². The van der Waals surface area contributed by atoms with E-state index < -0.39 is 11.9 Å². The Kier molecular flexibility index (Phi) is 3.19. The summed E-state index contributed by atoms with van der Waals surface area (Å²) in [7, 11) is 0. The molecule has 18 heavy (non-hydrogen) atoms. The highest BCUT2D eigenvalue weighted by atomic mass is 16.4. The van der Waals surface area contributed by atoms with Crippen molar-refractivity contribution in [2.75, 3.05) is 0 Å². The van der Waals surface area contributed by atoms with E-state index in [0.29, 0.717) is 5.82 Å². The number of aromatic nitrogens is 2. The van der Waals surface area contributed by atoms with Crippen LogP contribution in [0.4, 0.5) is 0 Å². The average Bonchev–Trinajstić information content (AvgIpc) is 2.80. The van der Waals surface area contributed by atoms with Crippen molar-refractivity contribution < 1.29 is 9.90 Å². The monoisotopic (exact) mass is 244 g/mol. The Hall–Kier alpha value is -2.10. The number of hydrogen-bond acceptors (Lipinski definition) is 2. The second-order valence-electron chi connectivity index (χ2n) is 4.56. The lowest BCUT2D eigenvalue weighted by atomic mass is 10.0. The van der Waals surface area contributed by atoms with Crippen molar-refractivity contribution >= 4 is 5.97 Å². The molecule has 0 bridgehead atoms. The molecule has 0 radical (unpaired) electrons. The third-order valence-electron chi connectivity index (χ3n) is 3.06. The van der Waals surface area contributed by atoms with E-state index in [0.717, 1.165) is 22.4 Å². The zero-order valence-corrected chi connectivity index (χ0v) is 10.7. The molecule has 0 aliphatic heterocycles. The number of imidazole rings is 1. The molecule has 1 atom stereocenters. The van der Waals surface area contributed by atoms with E-state index in [1.165, 1.54) is 0 Å². The second kappa shape index (κ2) is 4.64. The molecular formula is C14H16N2O2. The van der Waals surface area contributed by atoms with Crippen LogP contribution in [0.2, 0.25) is 0 Å². The molecule has 0 fully saturated rings. The molecule has 0 saturated heterocycles. The average molecular weight is 244 g/mol. The summed E-state index contributed by atoms with van der Waals surface area (Å²) in [4.78, 5) is 18.1. The fourth-order valence-electron chi connectivity index (χ4n) is 1.84. The van der Waals surface area contributed by atoms with Crippen molar-refractivity contribution in [3.05, 3.63) is 41.3 Å². The maximum Gasteiger partial charge on any atom is 0.313 e. The molecule has 1 aromatic carbocycles. The summed E-state index contributed by atoms with van der Waals surface area (Å²) in [5.41, 5.74) is 4.22. The Morgan fingerprint density at radius 2 is 2.11 bits per heavy atom. The molecular weight excluding hydrogens is 228 g/mol. The van der Waals surface area contributed by atoms with Gasteiger partial charge >= 0.3 is 5.97 Å². The molecule has 4 nitrogen and oxygen atoms in total. The summed E-state index contributed by atoms with van der Waals surface area (Å²) in [6.45, 7) is 5.67. The van der Waals surface area contributed by atoms with E-state index in [1.54, 1.807) is 13.1 Å². The fourth-order valence-corrected chi connectivity index (χ4v) is 1.84. The highest BCUT2D eigenvalue weighted by Gasteiger charge is 2.17. The molecule has 0 saturated carbocycles. The number of aliphatic carboxylic acids is 1. The van der Waals surface area contributed by atoms with Gasteiger partial charge in [-0.15, -0.1) is 0 Å². The summed E-state index contributed by atoms with van der Waals surface area (Å²) >= 11 is 0. The smallest absolute Gasteiger partial charge is 0.313 e. The standard InChI is InChI=1S/C14H16N2O2/c1-8-4-5-9(2)11(6-8)12-7-15-13(16-12)10(3)14(17)18/h4-7,10H,1-3H3,(H,15,16)(H,17,18). The number of carboxylic acids is 1. The molecule has 2 N–H and O–H groups in total. The fraction of sp³-hybridized carbons (Fsp3) is 0.286. The Bertz CT molecular complexity index is 587. The van der Waals surface area contributed by atoms with E-state index in [9.17, 15) is 4.79 Å². The lowest BCUT2D eigenvalue weighted by Crippen LogP contribution is -2.08. The first kappa shape index (κ1) is 12.4. The number of nitrogens with one attached hydrogen (secondary N) is 1. The first-order chi connectivity index (χ1) is 8.49. The molecule has 1 heterocycles. The number of hydrogen-bond donors (Lipinski definition) is 2. The number of benzene rings is 1. The summed E-state index contributed by atoms with van der Waals surface area (Å²) < 4.78 is 0. The first-order valence-corrected chi connectivity index (χ1v) is 5.84. The molecule has 0 spiro atoms. The van der Waals surface area contributed by atoms with Gasteiger partial charge in [0.2, 0.25) is 0 Å². The van der Waals surface area contributed by atoms with Gasteiger partial charge in [-0.05, 0) is 32.4 Å². The van der Waals surface area contributed by atoms with Gasteiger partial charge in [-0.25, -0.2) is 4.98 Å². The zero-order valence-electron chi connectivity index (χ0n) is 10.7. The van der Waals surface area contributed by atoms with Gasteiger partial charge in [0.1, 0.15) is 11.7 Å². The first-order valence-electron chi connectivity index (χ1n) is 5.84. The molecule has 2 aromatic rings. The van der Waals surface area contributed by atoms with Crippen LogP contribution in [0.3, 0.4) is 0 Å². The van der Waals surface area contributed by atoms with E-state index in [4.69, 9.17) is 5.11 Å². The van der Waals surface area contributed by atoms with Crippen molar-refractivity contribution in [3.63, 3.8) is 0 Å². The highest BCUT2D eigenvalue weighted by Crippen LogP contribution is 2.24. The Labute approximate surface area is 106 Å². The van der Waals surface area contributed by atoms with Crippen LogP contribution in [0.25, 0.3) is 11.3 Å². The van der Waals surface area contributed by atoms with Gasteiger partial charge in [0.05, 0.1) is 11.9 Å². The number of aromatic amines is 1. The van der Waals surface area contributed by atoms with Crippen molar-refractivity contribution in [3.8, 4) is 11.3 Å². The molecule has 1 unspecified atom stereocenters. The van der Waals surface area contributed by atoms with Gasteiger partial charge < -0.3 is 10.1 Å². The van der Waals surface area contributed by atoms with E-state index in [1.807, 2.05) is 19.9 Å². The van der Waals surface area contributed by atoms with Crippen molar-refractivity contribution in [2.45, 2.75) is 26.7 Å². The number of rotatable bonds is 3. The Morgan fingerprint density at radius 1 is 1.39 bits per heavy atom. The van der Waals surface area contributed by atoms with Crippen LogP contribution in [-0.2, 0) is 4.79 Å². The number of H-pyrrole nitrogens is 1. The quantitative estimate of drug-likeness (QED) is 0.872. The van der Waals surface area contributed by atoms with Crippen LogP contribution in [0, 0.1) is 13.8 Å². The van der Waals surface area contributed by atoms with Crippen LogP contribution in [0.15, 0.2) is 24.4 Å². The highest BCUT2D eigenvalue weighted by molar-refractivity contribution is 5.75. The van der Waals surface area contributed by atoms with Crippen LogP contribution in [0.5, 0.6) is 0 Å². The number of aryl methyl sites for hydroxylation is 2. The second-order valence-corrected chi connectivity index (χ2v) is 4.56. The van der Waals surface area contributed by atoms with Gasteiger partial charge in [-0.2, -0.15) is 0 Å². The molecule has 2 rings (SSSR count). The molecule has 0 amide bonds. The SMILES string of the molecule is Cc1ccc(C)c(-c2cnc(C(C)C(=O)O)[nH]2)c1. The van der Waals surface area contributed by atoms with Gasteiger partial charge in [-0.3, -0.25) is 4.79 Å². The lowest BCUT2D eigenvalue weighted by Gasteiger charge is -2.05. The topological polar surface area (TPSA) is 66.0 Å².